The van der Waals surface area contributed by atoms with E-state index in [0.29, 0.717) is 11.4 Å². The van der Waals surface area contributed by atoms with E-state index < -0.39 is 16.0 Å². The smallest absolute Gasteiger partial charge is 0.306 e. The standard InChI is InChI=1S/C10H17N3O4S/c1-7-10(8(2)13(3)12-7)18(15,16)11-6-5-9(14)17-4/h11H,5-6H2,1-4H3. The van der Waals surface area contributed by atoms with Crippen LogP contribution in [0.25, 0.3) is 0 Å². The third kappa shape index (κ3) is 3.08. The summed E-state index contributed by atoms with van der Waals surface area (Å²) in [5.41, 5.74) is 0.985. The maximum Gasteiger partial charge on any atom is 0.306 e. The number of carbonyl (C=O) groups is 1. The number of nitrogens with zero attached hydrogens (tertiary/aromatic N) is 2. The van der Waals surface area contributed by atoms with Crippen molar-refractivity contribution in [3.63, 3.8) is 0 Å². The average Bonchev–Trinajstić information content (AvgIpc) is 2.52. The van der Waals surface area contributed by atoms with Crippen LogP contribution in [0, 0.1) is 13.8 Å². The Balaban J connectivity index is 2.84. The Kier molecular flexibility index (Phi) is 4.47. The molecule has 18 heavy (non-hydrogen) atoms. The minimum Gasteiger partial charge on any atom is -0.469 e. The molecule has 0 atom stereocenters. The summed E-state index contributed by atoms with van der Waals surface area (Å²) in [4.78, 5) is 11.1. The van der Waals surface area contributed by atoms with E-state index in [4.69, 9.17) is 0 Å². The van der Waals surface area contributed by atoms with Gasteiger partial charge in [-0.2, -0.15) is 5.10 Å². The average molecular weight is 275 g/mol. The first-order valence-corrected chi connectivity index (χ1v) is 6.84. The van der Waals surface area contributed by atoms with Crippen LogP contribution in [-0.2, 0) is 26.6 Å². The molecular weight excluding hydrogens is 258 g/mol. The highest BCUT2D eigenvalue weighted by molar-refractivity contribution is 7.89. The van der Waals surface area contributed by atoms with Gasteiger partial charge in [-0.25, -0.2) is 13.1 Å². The molecule has 0 unspecified atom stereocenters. The van der Waals surface area contributed by atoms with Crippen LogP contribution in [0.2, 0.25) is 0 Å². The Labute approximate surface area is 106 Å². The van der Waals surface area contributed by atoms with Gasteiger partial charge in [0.2, 0.25) is 10.0 Å². The lowest BCUT2D eigenvalue weighted by Crippen LogP contribution is -2.27. The molecule has 0 spiro atoms. The molecule has 1 N–H and O–H groups in total. The Morgan fingerprint density at radius 2 is 2.06 bits per heavy atom. The highest BCUT2D eigenvalue weighted by Crippen LogP contribution is 2.17. The molecule has 1 aromatic rings. The van der Waals surface area contributed by atoms with Crippen molar-refractivity contribution < 1.29 is 17.9 Å². The lowest BCUT2D eigenvalue weighted by molar-refractivity contribution is -0.140. The molecule has 1 heterocycles. The third-order valence-corrected chi connectivity index (χ3v) is 4.27. The molecule has 0 saturated heterocycles. The zero-order valence-corrected chi connectivity index (χ0v) is 11.7. The Hall–Kier alpha value is -1.41. The van der Waals surface area contributed by atoms with Crippen LogP contribution >= 0.6 is 0 Å². The predicted molar refractivity (Wildman–Crippen MR) is 64.5 cm³/mol. The van der Waals surface area contributed by atoms with Crippen LogP contribution in [0.3, 0.4) is 0 Å². The molecular formula is C10H17N3O4S. The maximum atomic E-state index is 12.0. The number of aryl methyl sites for hydroxylation is 2. The number of hydrogen-bond acceptors (Lipinski definition) is 5. The van der Waals surface area contributed by atoms with Crippen molar-refractivity contribution >= 4 is 16.0 Å². The van der Waals surface area contributed by atoms with E-state index in [-0.39, 0.29) is 17.9 Å². The van der Waals surface area contributed by atoms with E-state index in [2.05, 4.69) is 14.6 Å². The van der Waals surface area contributed by atoms with E-state index in [1.54, 1.807) is 20.9 Å². The highest BCUT2D eigenvalue weighted by Gasteiger charge is 2.23. The summed E-state index contributed by atoms with van der Waals surface area (Å²) in [6.07, 6.45) is -0.00587. The van der Waals surface area contributed by atoms with Crippen LogP contribution in [0.1, 0.15) is 17.8 Å². The minimum absolute atomic E-state index is 0.00276. The largest absolute Gasteiger partial charge is 0.469 e. The Morgan fingerprint density at radius 3 is 2.50 bits per heavy atom. The Bertz CT molecular complexity index is 548. The molecule has 7 nitrogen and oxygen atoms in total. The van der Waals surface area contributed by atoms with Gasteiger partial charge in [0, 0.05) is 13.6 Å². The molecule has 0 amide bonds. The molecule has 8 heteroatoms. The number of rotatable bonds is 5. The zero-order valence-electron chi connectivity index (χ0n) is 10.8. The number of sulfonamides is 1. The molecule has 1 aromatic heterocycles. The van der Waals surface area contributed by atoms with E-state index in [0.717, 1.165) is 0 Å². The Morgan fingerprint density at radius 1 is 1.44 bits per heavy atom. The van der Waals surface area contributed by atoms with Gasteiger partial charge in [0.25, 0.3) is 0 Å². The van der Waals surface area contributed by atoms with Crippen LogP contribution in [0.15, 0.2) is 4.90 Å². The molecule has 0 aromatic carbocycles. The van der Waals surface area contributed by atoms with Gasteiger partial charge in [-0.15, -0.1) is 0 Å². The van der Waals surface area contributed by atoms with E-state index in [1.807, 2.05) is 0 Å². The third-order valence-electron chi connectivity index (χ3n) is 2.56. The number of nitrogens with one attached hydrogen (secondary N) is 1. The number of methoxy groups -OCH3 is 1. The van der Waals surface area contributed by atoms with Crippen molar-refractivity contribution in [2.45, 2.75) is 25.2 Å². The first-order chi connectivity index (χ1) is 8.29. The summed E-state index contributed by atoms with van der Waals surface area (Å²) in [5, 5.41) is 4.04. The van der Waals surface area contributed by atoms with Crippen LogP contribution in [-0.4, -0.2) is 37.8 Å². The lowest BCUT2D eigenvalue weighted by Gasteiger charge is -2.06. The van der Waals surface area contributed by atoms with Crippen molar-refractivity contribution in [3.05, 3.63) is 11.4 Å². The number of hydrogen-bond donors (Lipinski definition) is 1. The summed E-state index contributed by atoms with van der Waals surface area (Å²) in [6.45, 7) is 3.31. The fourth-order valence-corrected chi connectivity index (χ4v) is 3.07. The van der Waals surface area contributed by atoms with E-state index in [1.165, 1.54) is 11.8 Å². The molecule has 0 bridgehead atoms. The summed E-state index contributed by atoms with van der Waals surface area (Å²) in [6, 6.07) is 0. The minimum atomic E-state index is -3.65. The lowest BCUT2D eigenvalue weighted by atomic mass is 10.4. The topological polar surface area (TPSA) is 90.3 Å². The number of carbonyl (C=O) groups excluding carboxylic acids is 1. The van der Waals surface area contributed by atoms with Gasteiger partial charge in [-0.1, -0.05) is 0 Å². The van der Waals surface area contributed by atoms with Crippen molar-refractivity contribution in [2.24, 2.45) is 7.05 Å². The monoisotopic (exact) mass is 275 g/mol. The van der Waals surface area contributed by atoms with Gasteiger partial charge < -0.3 is 4.74 Å². The summed E-state index contributed by atoms with van der Waals surface area (Å²) in [7, 11) is -0.713. The molecule has 0 aliphatic rings. The van der Waals surface area contributed by atoms with Crippen molar-refractivity contribution in [2.75, 3.05) is 13.7 Å². The molecule has 0 saturated carbocycles. The number of aromatic nitrogens is 2. The molecule has 0 aliphatic heterocycles. The van der Waals surface area contributed by atoms with Crippen LogP contribution in [0.4, 0.5) is 0 Å². The zero-order chi connectivity index (χ0) is 13.9. The fourth-order valence-electron chi connectivity index (χ4n) is 1.60. The molecule has 1 rings (SSSR count). The van der Waals surface area contributed by atoms with Gasteiger partial charge in [0.05, 0.1) is 24.9 Å². The highest BCUT2D eigenvalue weighted by atomic mass is 32.2. The van der Waals surface area contributed by atoms with E-state index in [9.17, 15) is 13.2 Å². The summed E-state index contributed by atoms with van der Waals surface area (Å²) < 4.78 is 32.4. The molecule has 0 aliphatic carbocycles. The summed E-state index contributed by atoms with van der Waals surface area (Å²) >= 11 is 0. The second-order valence-electron chi connectivity index (χ2n) is 3.85. The van der Waals surface area contributed by atoms with E-state index >= 15 is 0 Å². The second-order valence-corrected chi connectivity index (χ2v) is 5.55. The summed E-state index contributed by atoms with van der Waals surface area (Å²) in [5.74, 6) is -0.461. The molecule has 102 valence electrons. The first-order valence-electron chi connectivity index (χ1n) is 5.36. The van der Waals surface area contributed by atoms with Crippen LogP contribution < -0.4 is 4.72 Å². The normalized spacial score (nSPS) is 11.6. The molecule has 0 radical (unpaired) electrons. The van der Waals surface area contributed by atoms with Gasteiger partial charge in [-0.05, 0) is 13.8 Å². The van der Waals surface area contributed by atoms with Crippen molar-refractivity contribution in [1.82, 2.24) is 14.5 Å². The van der Waals surface area contributed by atoms with Crippen molar-refractivity contribution in [1.29, 1.82) is 0 Å². The van der Waals surface area contributed by atoms with Gasteiger partial charge >= 0.3 is 5.97 Å². The number of esters is 1. The predicted octanol–water partition coefficient (Wildman–Crippen LogP) is -0.122. The van der Waals surface area contributed by atoms with Gasteiger partial charge in [0.1, 0.15) is 4.90 Å². The SMILES string of the molecule is COC(=O)CCNS(=O)(=O)c1c(C)nn(C)c1C. The van der Waals surface area contributed by atoms with Gasteiger partial charge in [0.15, 0.2) is 0 Å². The van der Waals surface area contributed by atoms with Crippen LogP contribution in [0.5, 0.6) is 0 Å². The first kappa shape index (κ1) is 14.7. The second kappa shape index (κ2) is 5.49. The van der Waals surface area contributed by atoms with Crippen molar-refractivity contribution in [3.8, 4) is 0 Å². The quantitative estimate of drug-likeness (QED) is 0.756. The van der Waals surface area contributed by atoms with Gasteiger partial charge in [-0.3, -0.25) is 9.48 Å². The number of ether oxygens (including phenoxy) is 1. The fraction of sp³-hybridized carbons (Fsp3) is 0.600. The molecule has 0 fully saturated rings. The maximum absolute atomic E-state index is 12.0.